The fourth-order valence-corrected chi connectivity index (χ4v) is 0.656. The van der Waals surface area contributed by atoms with Crippen LogP contribution < -0.4 is 0 Å². The molecule has 0 bridgehead atoms. The Morgan fingerprint density at radius 3 is 1.79 bits per heavy atom. The van der Waals surface area contributed by atoms with Gasteiger partial charge in [-0.25, -0.2) is 0 Å². The van der Waals surface area contributed by atoms with Gasteiger partial charge in [0.1, 0.15) is 12.2 Å². The van der Waals surface area contributed by atoms with Crippen LogP contribution in [0.2, 0.25) is 0 Å². The molecule has 0 spiro atoms. The number of rotatable bonds is 5. The van der Waals surface area contributed by atoms with Gasteiger partial charge in [-0.1, -0.05) is 0 Å². The molecule has 0 fully saturated rings. The van der Waals surface area contributed by atoms with Gasteiger partial charge in [0.2, 0.25) is 0 Å². The largest absolute Gasteiger partial charge is 0.481 e. The minimum atomic E-state index is -0.833. The van der Waals surface area contributed by atoms with E-state index < -0.39 is 11.9 Å². The Kier molecular flexibility index (Phi) is 19.7. The summed E-state index contributed by atoms with van der Waals surface area (Å²) in [5, 5.41) is 15.8. The van der Waals surface area contributed by atoms with Crippen molar-refractivity contribution in [3.8, 4) is 0 Å². The molecule has 0 aromatic carbocycles. The Bertz CT molecular complexity index is 244. The highest BCUT2D eigenvalue weighted by atomic mass is 16.5. The zero-order valence-electron chi connectivity index (χ0n) is 12.1. The van der Waals surface area contributed by atoms with Crippen molar-refractivity contribution < 1.29 is 34.1 Å². The van der Waals surface area contributed by atoms with Crippen molar-refractivity contribution >= 4 is 17.7 Å². The van der Waals surface area contributed by atoms with E-state index in [2.05, 4.69) is 9.47 Å². The quantitative estimate of drug-likeness (QED) is 0.561. The van der Waals surface area contributed by atoms with Gasteiger partial charge in [0.05, 0.1) is 19.3 Å². The molecule has 0 aliphatic carbocycles. The maximum atomic E-state index is 10.4. The first-order valence-electron chi connectivity index (χ1n) is 5.68. The van der Waals surface area contributed by atoms with Gasteiger partial charge in [-0.2, -0.15) is 0 Å². The van der Waals surface area contributed by atoms with Crippen molar-refractivity contribution in [3.05, 3.63) is 0 Å². The van der Waals surface area contributed by atoms with Gasteiger partial charge in [-0.3, -0.25) is 14.4 Å². The van der Waals surface area contributed by atoms with E-state index in [1.807, 2.05) is 0 Å². The second-order valence-corrected chi connectivity index (χ2v) is 3.51. The number of carboxylic acids is 1. The highest BCUT2D eigenvalue weighted by Gasteiger charge is 2.03. The van der Waals surface area contributed by atoms with E-state index in [1.165, 1.54) is 6.92 Å². The molecule has 0 amide bonds. The van der Waals surface area contributed by atoms with Crippen LogP contribution in [0.3, 0.4) is 0 Å². The molecule has 7 heteroatoms. The number of carbonyl (C=O) groups is 3. The summed E-state index contributed by atoms with van der Waals surface area (Å²) in [4.78, 5) is 29.6. The van der Waals surface area contributed by atoms with Crippen molar-refractivity contribution in [2.75, 3.05) is 20.3 Å². The van der Waals surface area contributed by atoms with E-state index in [-0.39, 0.29) is 18.3 Å². The first kappa shape index (κ1) is 22.7. The zero-order valence-corrected chi connectivity index (χ0v) is 12.1. The molecule has 0 aromatic heterocycles. The Hall–Kier alpha value is -1.47. The predicted octanol–water partition coefficient (Wildman–Crippen LogP) is 0.633. The topological polar surface area (TPSA) is 110 Å². The highest BCUT2D eigenvalue weighted by Crippen LogP contribution is 1.86. The maximum Gasteiger partial charge on any atom is 0.313 e. The monoisotopic (exact) mass is 280 g/mol. The predicted molar refractivity (Wildman–Crippen MR) is 68.8 cm³/mol. The van der Waals surface area contributed by atoms with E-state index in [4.69, 9.17) is 15.0 Å². The molecule has 1 unspecified atom stereocenters. The molecule has 0 heterocycles. The molecule has 114 valence electrons. The normalized spacial score (nSPS) is 10.0. The minimum absolute atomic E-state index is 0.103. The van der Waals surface area contributed by atoms with E-state index >= 15 is 0 Å². The number of hydrogen-bond acceptors (Lipinski definition) is 6. The number of Topliss-reactive ketones (excluding diaryl/α,β-unsaturated/α-hetero) is 1. The van der Waals surface area contributed by atoms with Crippen molar-refractivity contribution in [3.63, 3.8) is 0 Å². The number of ketones is 1. The molecule has 2 N–H and O–H groups in total. The summed E-state index contributed by atoms with van der Waals surface area (Å²) in [5.41, 5.74) is 0. The maximum absolute atomic E-state index is 10.4. The van der Waals surface area contributed by atoms with Crippen LogP contribution in [-0.4, -0.2) is 54.4 Å². The smallest absolute Gasteiger partial charge is 0.313 e. The van der Waals surface area contributed by atoms with Crippen molar-refractivity contribution in [2.45, 2.75) is 40.2 Å². The lowest BCUT2D eigenvalue weighted by Crippen LogP contribution is -2.07. The summed E-state index contributed by atoms with van der Waals surface area (Å²) in [6.45, 7) is 6.60. The first-order chi connectivity index (χ1) is 8.67. The molecule has 7 nitrogen and oxygen atoms in total. The lowest BCUT2D eigenvalue weighted by molar-refractivity contribution is -0.145. The molecule has 1 atom stereocenters. The molecule has 0 aliphatic rings. The van der Waals surface area contributed by atoms with Gasteiger partial charge in [0.25, 0.3) is 5.97 Å². The van der Waals surface area contributed by atoms with Gasteiger partial charge in [-0.05, 0) is 20.8 Å². The Morgan fingerprint density at radius 1 is 1.21 bits per heavy atom. The van der Waals surface area contributed by atoms with Crippen LogP contribution in [0, 0.1) is 0 Å². The third kappa shape index (κ3) is 48.0. The fourth-order valence-electron chi connectivity index (χ4n) is 0.656. The molecule has 0 aliphatic heterocycles. The van der Waals surface area contributed by atoms with Crippen LogP contribution in [0.1, 0.15) is 34.1 Å². The first-order valence-corrected chi connectivity index (χ1v) is 5.68. The van der Waals surface area contributed by atoms with Crippen LogP contribution in [0.4, 0.5) is 0 Å². The van der Waals surface area contributed by atoms with Crippen molar-refractivity contribution in [2.24, 2.45) is 0 Å². The summed E-state index contributed by atoms with van der Waals surface area (Å²) in [6.07, 6.45) is -0.427. The summed E-state index contributed by atoms with van der Waals surface area (Å²) in [7, 11) is 1.56. The van der Waals surface area contributed by atoms with Crippen LogP contribution >= 0.6 is 0 Å². The number of aliphatic carboxylic acids is 1. The number of carbonyl (C=O) groups excluding carboxylic acids is 2. The SMILES string of the molecule is CC(=O)O.CCOC(=O)CC(C)=O.COCC(C)O. The Labute approximate surface area is 113 Å². The number of aliphatic hydroxyl groups excluding tert-OH is 1. The van der Waals surface area contributed by atoms with Gasteiger partial charge < -0.3 is 19.7 Å². The van der Waals surface area contributed by atoms with Gasteiger partial charge >= 0.3 is 5.97 Å². The van der Waals surface area contributed by atoms with Crippen molar-refractivity contribution in [1.82, 2.24) is 0 Å². The zero-order chi connectivity index (χ0) is 15.8. The number of aliphatic hydroxyl groups is 1. The Balaban J connectivity index is -0.000000222. The van der Waals surface area contributed by atoms with Gasteiger partial charge in [-0.15, -0.1) is 0 Å². The standard InChI is InChI=1S/C6H10O3.C4H10O2.C2H4O2/c1-3-9-6(8)4-5(2)7;1-4(5)3-6-2;1-2(3)4/h3-4H2,1-2H3;4-5H,3H2,1-2H3;1H3,(H,3,4). The number of ether oxygens (including phenoxy) is 2. The van der Waals surface area contributed by atoms with Gasteiger partial charge in [0.15, 0.2) is 0 Å². The molecule has 0 saturated heterocycles. The number of methoxy groups -OCH3 is 1. The van der Waals surface area contributed by atoms with Crippen LogP contribution in [0.15, 0.2) is 0 Å². The molecule has 0 saturated carbocycles. The van der Waals surface area contributed by atoms with E-state index in [0.717, 1.165) is 6.92 Å². The molecular formula is C12H24O7. The van der Waals surface area contributed by atoms with E-state index in [9.17, 15) is 9.59 Å². The average Bonchev–Trinajstić information content (AvgIpc) is 2.15. The third-order valence-corrected chi connectivity index (χ3v) is 1.11. The summed E-state index contributed by atoms with van der Waals surface area (Å²) in [6, 6.07) is 0. The third-order valence-electron chi connectivity index (χ3n) is 1.11. The second-order valence-electron chi connectivity index (χ2n) is 3.51. The van der Waals surface area contributed by atoms with E-state index in [1.54, 1.807) is 21.0 Å². The molecule has 0 rings (SSSR count). The van der Waals surface area contributed by atoms with Crippen LogP contribution in [0.25, 0.3) is 0 Å². The van der Waals surface area contributed by atoms with Crippen molar-refractivity contribution in [1.29, 1.82) is 0 Å². The summed E-state index contributed by atoms with van der Waals surface area (Å²) >= 11 is 0. The lowest BCUT2D eigenvalue weighted by Gasteiger charge is -1.97. The molecule has 0 aromatic rings. The summed E-state index contributed by atoms with van der Waals surface area (Å²) in [5.74, 6) is -1.43. The number of esters is 1. The minimum Gasteiger partial charge on any atom is -0.481 e. The second kappa shape index (κ2) is 16.5. The number of carboxylic acid groups (broad SMARTS) is 1. The molecular weight excluding hydrogens is 256 g/mol. The highest BCUT2D eigenvalue weighted by molar-refractivity contribution is 5.94. The van der Waals surface area contributed by atoms with Crippen LogP contribution in [-0.2, 0) is 23.9 Å². The van der Waals surface area contributed by atoms with Crippen LogP contribution in [0.5, 0.6) is 0 Å². The van der Waals surface area contributed by atoms with Gasteiger partial charge in [0, 0.05) is 14.0 Å². The molecule has 0 radical (unpaired) electrons. The Morgan fingerprint density at radius 2 is 1.63 bits per heavy atom. The molecule has 19 heavy (non-hydrogen) atoms. The lowest BCUT2D eigenvalue weighted by atomic mass is 10.3. The summed E-state index contributed by atoms with van der Waals surface area (Å²) < 4.78 is 9.05. The number of hydrogen-bond donors (Lipinski definition) is 2. The fraction of sp³-hybridized carbons (Fsp3) is 0.750. The average molecular weight is 280 g/mol. The van der Waals surface area contributed by atoms with E-state index in [0.29, 0.717) is 13.2 Å².